The number of aromatic nitrogens is 3. The first-order valence-corrected chi connectivity index (χ1v) is 7.00. The lowest BCUT2D eigenvalue weighted by atomic mass is 10.1. The van der Waals surface area contributed by atoms with Gasteiger partial charge in [-0.05, 0) is 38.0 Å². The summed E-state index contributed by atoms with van der Waals surface area (Å²) in [6.45, 7) is 4.86. The second-order valence-electron chi connectivity index (χ2n) is 4.99. The van der Waals surface area contributed by atoms with Crippen molar-refractivity contribution < 1.29 is 4.74 Å². The monoisotopic (exact) mass is 287 g/mol. The normalized spacial score (nSPS) is 10.5. The molecule has 2 aromatic rings. The molecule has 0 unspecified atom stereocenters. The van der Waals surface area contributed by atoms with Gasteiger partial charge in [-0.1, -0.05) is 12.1 Å². The Morgan fingerprint density at radius 1 is 1.19 bits per heavy atom. The van der Waals surface area contributed by atoms with Crippen LogP contribution in [0.25, 0.3) is 0 Å². The molecule has 2 rings (SSSR count). The maximum absolute atomic E-state index is 5.14. The lowest BCUT2D eigenvalue weighted by Gasteiger charge is -2.09. The van der Waals surface area contributed by atoms with Crippen LogP contribution >= 0.6 is 0 Å². The summed E-state index contributed by atoms with van der Waals surface area (Å²) in [5.41, 5.74) is 1.23. The van der Waals surface area contributed by atoms with Crippen molar-refractivity contribution in [3.63, 3.8) is 0 Å². The number of hydrogen-bond acceptors (Lipinski definition) is 6. The zero-order valence-electron chi connectivity index (χ0n) is 12.6. The summed E-state index contributed by atoms with van der Waals surface area (Å²) in [5, 5.41) is 14.3. The van der Waals surface area contributed by atoms with Crippen LogP contribution in [0.1, 0.15) is 19.4 Å². The minimum atomic E-state index is 0.314. The van der Waals surface area contributed by atoms with Crippen LogP contribution < -0.4 is 15.4 Å². The zero-order chi connectivity index (χ0) is 15.1. The molecule has 0 spiro atoms. The molecule has 2 N–H and O–H groups in total. The Balaban J connectivity index is 1.85. The fourth-order valence-corrected chi connectivity index (χ4v) is 1.85. The van der Waals surface area contributed by atoms with Gasteiger partial charge in [-0.25, -0.2) is 0 Å². The summed E-state index contributed by atoms with van der Waals surface area (Å²) in [7, 11) is 1.67. The number of anilines is 2. The van der Waals surface area contributed by atoms with Crippen LogP contribution in [0.3, 0.4) is 0 Å². The van der Waals surface area contributed by atoms with Crippen LogP contribution in [-0.4, -0.2) is 34.9 Å². The van der Waals surface area contributed by atoms with E-state index in [2.05, 4.69) is 51.8 Å². The van der Waals surface area contributed by atoms with Crippen molar-refractivity contribution in [1.82, 2.24) is 15.2 Å². The molecule has 112 valence electrons. The Morgan fingerprint density at radius 3 is 2.62 bits per heavy atom. The third-order valence-corrected chi connectivity index (χ3v) is 2.85. The van der Waals surface area contributed by atoms with E-state index in [0.717, 1.165) is 24.5 Å². The molecular formula is C15H21N5O. The SMILES string of the molecule is COc1ccc(CCNc2nncc(NC(C)C)n2)cc1. The standard InChI is InChI=1S/C15H21N5O/c1-11(2)18-14-10-17-20-15(19-14)16-9-8-12-4-6-13(21-3)7-5-12/h4-7,10-11H,8-9H2,1-3H3,(H2,16,18,19,20). The van der Waals surface area contributed by atoms with Crippen LogP contribution in [0.2, 0.25) is 0 Å². The van der Waals surface area contributed by atoms with Crippen molar-refractivity contribution in [3.05, 3.63) is 36.0 Å². The van der Waals surface area contributed by atoms with E-state index in [9.17, 15) is 0 Å². The summed E-state index contributed by atoms with van der Waals surface area (Å²) in [4.78, 5) is 4.36. The highest BCUT2D eigenvalue weighted by molar-refractivity contribution is 5.37. The highest BCUT2D eigenvalue weighted by atomic mass is 16.5. The number of ether oxygens (including phenoxy) is 1. The molecule has 6 nitrogen and oxygen atoms in total. The number of benzene rings is 1. The maximum Gasteiger partial charge on any atom is 0.244 e. The number of methoxy groups -OCH3 is 1. The quantitative estimate of drug-likeness (QED) is 0.814. The first-order valence-electron chi connectivity index (χ1n) is 7.00. The van der Waals surface area contributed by atoms with Crippen LogP contribution in [0.4, 0.5) is 11.8 Å². The van der Waals surface area contributed by atoms with E-state index in [1.54, 1.807) is 13.3 Å². The van der Waals surface area contributed by atoms with Crippen molar-refractivity contribution in [2.24, 2.45) is 0 Å². The van der Waals surface area contributed by atoms with Gasteiger partial charge in [0, 0.05) is 12.6 Å². The first-order chi connectivity index (χ1) is 10.2. The molecule has 1 aromatic carbocycles. The average molecular weight is 287 g/mol. The molecule has 0 radical (unpaired) electrons. The smallest absolute Gasteiger partial charge is 0.244 e. The molecule has 0 aliphatic carbocycles. The number of nitrogens with one attached hydrogen (secondary N) is 2. The van der Waals surface area contributed by atoms with Gasteiger partial charge in [0.2, 0.25) is 5.95 Å². The van der Waals surface area contributed by atoms with Crippen molar-refractivity contribution in [3.8, 4) is 5.75 Å². The summed E-state index contributed by atoms with van der Waals surface area (Å²) in [6, 6.07) is 8.34. The Bertz CT molecular complexity index is 556. The van der Waals surface area contributed by atoms with E-state index in [-0.39, 0.29) is 0 Å². The van der Waals surface area contributed by atoms with Crippen LogP contribution in [0.5, 0.6) is 5.75 Å². The van der Waals surface area contributed by atoms with Crippen molar-refractivity contribution in [2.75, 3.05) is 24.3 Å². The Morgan fingerprint density at radius 2 is 1.95 bits per heavy atom. The minimum Gasteiger partial charge on any atom is -0.497 e. The summed E-state index contributed by atoms with van der Waals surface area (Å²) >= 11 is 0. The van der Waals surface area contributed by atoms with Gasteiger partial charge in [0.05, 0.1) is 13.3 Å². The van der Waals surface area contributed by atoms with Gasteiger partial charge >= 0.3 is 0 Å². The van der Waals surface area contributed by atoms with E-state index < -0.39 is 0 Å². The van der Waals surface area contributed by atoms with Crippen LogP contribution in [-0.2, 0) is 6.42 Å². The van der Waals surface area contributed by atoms with Gasteiger partial charge in [-0.15, -0.1) is 5.10 Å². The molecule has 0 amide bonds. The molecular weight excluding hydrogens is 266 g/mol. The zero-order valence-corrected chi connectivity index (χ0v) is 12.6. The third kappa shape index (κ3) is 4.91. The van der Waals surface area contributed by atoms with E-state index in [0.29, 0.717) is 12.0 Å². The lowest BCUT2D eigenvalue weighted by Crippen LogP contribution is -2.14. The molecule has 6 heteroatoms. The average Bonchev–Trinajstić information content (AvgIpc) is 2.48. The number of hydrogen-bond donors (Lipinski definition) is 2. The topological polar surface area (TPSA) is 72.0 Å². The summed E-state index contributed by atoms with van der Waals surface area (Å²) < 4.78 is 5.14. The molecule has 0 atom stereocenters. The highest BCUT2D eigenvalue weighted by Gasteiger charge is 2.01. The van der Waals surface area contributed by atoms with Crippen molar-refractivity contribution in [1.29, 1.82) is 0 Å². The third-order valence-electron chi connectivity index (χ3n) is 2.85. The van der Waals surface area contributed by atoms with Gasteiger partial charge in [-0.2, -0.15) is 10.1 Å². The first kappa shape index (κ1) is 15.0. The molecule has 0 saturated carbocycles. The van der Waals surface area contributed by atoms with Gasteiger partial charge in [-0.3, -0.25) is 0 Å². The van der Waals surface area contributed by atoms with Crippen molar-refractivity contribution in [2.45, 2.75) is 26.3 Å². The predicted molar refractivity (Wildman–Crippen MR) is 83.8 cm³/mol. The van der Waals surface area contributed by atoms with E-state index >= 15 is 0 Å². The van der Waals surface area contributed by atoms with Gasteiger partial charge in [0.1, 0.15) is 5.75 Å². The summed E-state index contributed by atoms with van der Waals surface area (Å²) in [6.07, 6.45) is 2.50. The lowest BCUT2D eigenvalue weighted by molar-refractivity contribution is 0.414. The Labute approximate surface area is 125 Å². The molecule has 0 bridgehead atoms. The Kier molecular flexibility index (Phi) is 5.31. The largest absolute Gasteiger partial charge is 0.497 e. The van der Waals surface area contributed by atoms with Gasteiger partial charge in [0.15, 0.2) is 5.82 Å². The fraction of sp³-hybridized carbons (Fsp3) is 0.400. The van der Waals surface area contributed by atoms with Gasteiger partial charge < -0.3 is 15.4 Å². The Hall–Kier alpha value is -2.37. The molecule has 0 aliphatic rings. The fourth-order valence-electron chi connectivity index (χ4n) is 1.85. The highest BCUT2D eigenvalue weighted by Crippen LogP contribution is 2.12. The molecule has 21 heavy (non-hydrogen) atoms. The molecule has 1 heterocycles. The number of rotatable bonds is 7. The number of nitrogens with zero attached hydrogens (tertiary/aromatic N) is 3. The van der Waals surface area contributed by atoms with Crippen molar-refractivity contribution >= 4 is 11.8 Å². The summed E-state index contributed by atoms with van der Waals surface area (Å²) in [5.74, 6) is 2.13. The second kappa shape index (κ2) is 7.42. The minimum absolute atomic E-state index is 0.314. The second-order valence-corrected chi connectivity index (χ2v) is 4.99. The van der Waals surface area contributed by atoms with E-state index in [4.69, 9.17) is 4.74 Å². The molecule has 0 aliphatic heterocycles. The molecule has 0 fully saturated rings. The van der Waals surface area contributed by atoms with E-state index in [1.165, 1.54) is 5.56 Å². The molecule has 1 aromatic heterocycles. The van der Waals surface area contributed by atoms with Gasteiger partial charge in [0.25, 0.3) is 0 Å². The van der Waals surface area contributed by atoms with Crippen LogP contribution in [0, 0.1) is 0 Å². The maximum atomic E-state index is 5.14. The molecule has 0 saturated heterocycles. The predicted octanol–water partition coefficient (Wildman–Crippen LogP) is 2.36. The van der Waals surface area contributed by atoms with E-state index in [1.807, 2.05) is 12.1 Å². The van der Waals surface area contributed by atoms with Crippen LogP contribution in [0.15, 0.2) is 30.5 Å².